The molecule has 156 valence electrons. The molecule has 6 nitrogen and oxygen atoms in total. The summed E-state index contributed by atoms with van der Waals surface area (Å²) >= 11 is 7.40. The van der Waals surface area contributed by atoms with Crippen LogP contribution >= 0.6 is 23.4 Å². The van der Waals surface area contributed by atoms with Gasteiger partial charge in [-0.2, -0.15) is 0 Å². The number of halogens is 1. The average molecular weight is 463 g/mol. The molecule has 0 spiro atoms. The molecule has 0 aliphatic heterocycles. The molecule has 0 bridgehead atoms. The maximum Gasteiger partial charge on any atom is 0.261 e. The summed E-state index contributed by atoms with van der Waals surface area (Å²) in [5.74, 6) is 0.781. The minimum atomic E-state index is -3.79. The zero-order chi connectivity index (χ0) is 21.6. The molecular formula is C21H19ClN2O4S2. The van der Waals surface area contributed by atoms with Gasteiger partial charge in [-0.25, -0.2) is 8.42 Å². The highest BCUT2D eigenvalue weighted by Crippen LogP contribution is 2.25. The Balaban J connectivity index is 1.58. The van der Waals surface area contributed by atoms with Gasteiger partial charge in [-0.05, 0) is 60.7 Å². The minimum Gasteiger partial charge on any atom is -0.497 e. The quantitative estimate of drug-likeness (QED) is 0.466. The number of nitrogens with one attached hydrogen (secondary N) is 2. The van der Waals surface area contributed by atoms with Crippen LogP contribution in [0, 0.1) is 0 Å². The minimum absolute atomic E-state index is 0.0630. The molecule has 30 heavy (non-hydrogen) atoms. The molecule has 0 atom stereocenters. The Morgan fingerprint density at radius 3 is 2.30 bits per heavy atom. The van der Waals surface area contributed by atoms with Gasteiger partial charge in [-0.3, -0.25) is 9.52 Å². The Hall–Kier alpha value is -2.68. The summed E-state index contributed by atoms with van der Waals surface area (Å²) in [7, 11) is -2.20. The lowest BCUT2D eigenvalue weighted by molar-refractivity contribution is -0.113. The monoisotopic (exact) mass is 462 g/mol. The Labute approximate surface area is 184 Å². The van der Waals surface area contributed by atoms with E-state index in [-0.39, 0.29) is 16.6 Å². The molecule has 0 unspecified atom stereocenters. The first kappa shape index (κ1) is 22.0. The van der Waals surface area contributed by atoms with E-state index in [1.807, 2.05) is 24.3 Å². The molecule has 3 rings (SSSR count). The second-order valence-electron chi connectivity index (χ2n) is 6.12. The Morgan fingerprint density at radius 1 is 1.00 bits per heavy atom. The molecule has 0 saturated carbocycles. The highest BCUT2D eigenvalue weighted by atomic mass is 35.5. The fourth-order valence-corrected chi connectivity index (χ4v) is 4.50. The summed E-state index contributed by atoms with van der Waals surface area (Å²) < 4.78 is 32.6. The number of para-hydroxylation sites is 1. The van der Waals surface area contributed by atoms with E-state index in [1.165, 1.54) is 36.0 Å². The lowest BCUT2D eigenvalue weighted by Gasteiger charge is -2.10. The highest BCUT2D eigenvalue weighted by molar-refractivity contribution is 8.00. The third-order valence-electron chi connectivity index (χ3n) is 4.00. The first-order chi connectivity index (χ1) is 14.4. The van der Waals surface area contributed by atoms with Crippen LogP contribution in [0.15, 0.2) is 82.6 Å². The largest absolute Gasteiger partial charge is 0.497 e. The van der Waals surface area contributed by atoms with E-state index in [4.69, 9.17) is 16.3 Å². The number of hydrogen-bond donors (Lipinski definition) is 2. The molecule has 3 aromatic rings. The lowest BCUT2D eigenvalue weighted by atomic mass is 10.3. The van der Waals surface area contributed by atoms with Crippen LogP contribution in [0.25, 0.3) is 0 Å². The van der Waals surface area contributed by atoms with Crippen LogP contribution in [0.1, 0.15) is 0 Å². The van der Waals surface area contributed by atoms with Gasteiger partial charge in [0.1, 0.15) is 5.75 Å². The molecule has 0 aliphatic carbocycles. The number of methoxy groups -OCH3 is 1. The van der Waals surface area contributed by atoms with Crippen LogP contribution < -0.4 is 14.8 Å². The van der Waals surface area contributed by atoms with Crippen molar-refractivity contribution in [2.45, 2.75) is 9.79 Å². The number of sulfonamides is 1. The van der Waals surface area contributed by atoms with Crippen molar-refractivity contribution in [2.24, 2.45) is 0 Å². The van der Waals surface area contributed by atoms with Crippen LogP contribution in [0.2, 0.25) is 5.02 Å². The number of anilines is 2. The third kappa shape index (κ3) is 5.91. The van der Waals surface area contributed by atoms with Crippen LogP contribution in [0.3, 0.4) is 0 Å². The van der Waals surface area contributed by atoms with E-state index in [2.05, 4.69) is 10.0 Å². The summed E-state index contributed by atoms with van der Waals surface area (Å²) in [5, 5.41) is 3.06. The fraction of sp³-hybridized carbons (Fsp3) is 0.0952. The van der Waals surface area contributed by atoms with Crippen LogP contribution in [0.4, 0.5) is 11.4 Å². The summed E-state index contributed by atoms with van der Waals surface area (Å²) in [4.78, 5) is 13.2. The molecular weight excluding hydrogens is 444 g/mol. The van der Waals surface area contributed by atoms with Crippen molar-refractivity contribution in [3.63, 3.8) is 0 Å². The maximum atomic E-state index is 12.5. The van der Waals surface area contributed by atoms with Gasteiger partial charge < -0.3 is 10.1 Å². The summed E-state index contributed by atoms with van der Waals surface area (Å²) in [5.41, 5.74) is 0.805. The predicted octanol–water partition coefficient (Wildman–Crippen LogP) is 4.88. The topological polar surface area (TPSA) is 84.5 Å². The highest BCUT2D eigenvalue weighted by Gasteiger charge is 2.15. The van der Waals surface area contributed by atoms with Gasteiger partial charge in [-0.15, -0.1) is 11.8 Å². The molecule has 2 N–H and O–H groups in total. The fourth-order valence-electron chi connectivity index (χ4n) is 2.48. The molecule has 0 radical (unpaired) electrons. The number of ether oxygens (including phenoxy) is 1. The number of hydrogen-bond acceptors (Lipinski definition) is 5. The van der Waals surface area contributed by atoms with Gasteiger partial charge in [0.25, 0.3) is 10.0 Å². The van der Waals surface area contributed by atoms with Crippen molar-refractivity contribution < 1.29 is 17.9 Å². The van der Waals surface area contributed by atoms with E-state index in [9.17, 15) is 13.2 Å². The summed E-state index contributed by atoms with van der Waals surface area (Å²) in [6.07, 6.45) is 0. The number of thioether (sulfide) groups is 1. The van der Waals surface area contributed by atoms with E-state index >= 15 is 0 Å². The Kier molecular flexibility index (Phi) is 7.25. The van der Waals surface area contributed by atoms with Gasteiger partial charge in [-0.1, -0.05) is 23.7 Å². The zero-order valence-electron chi connectivity index (χ0n) is 16.0. The van der Waals surface area contributed by atoms with E-state index in [1.54, 1.807) is 31.4 Å². The van der Waals surface area contributed by atoms with Crippen molar-refractivity contribution >= 4 is 50.7 Å². The second-order valence-corrected chi connectivity index (χ2v) is 9.26. The van der Waals surface area contributed by atoms with Crippen LogP contribution in [0.5, 0.6) is 5.75 Å². The number of carbonyl (C=O) groups excluding carboxylic acids is 1. The smallest absolute Gasteiger partial charge is 0.261 e. The van der Waals surface area contributed by atoms with Crippen molar-refractivity contribution in [1.82, 2.24) is 0 Å². The van der Waals surface area contributed by atoms with Crippen LogP contribution in [-0.2, 0) is 14.8 Å². The predicted molar refractivity (Wildman–Crippen MR) is 121 cm³/mol. The Bertz CT molecular complexity index is 1120. The molecule has 0 aliphatic rings. The molecule has 9 heteroatoms. The molecule has 0 saturated heterocycles. The summed E-state index contributed by atoms with van der Waals surface area (Å²) in [6.45, 7) is 0. The number of carbonyl (C=O) groups is 1. The molecule has 0 fully saturated rings. The van der Waals surface area contributed by atoms with Crippen molar-refractivity contribution in [2.75, 3.05) is 22.9 Å². The third-order valence-corrected chi connectivity index (χ3v) is 6.72. The van der Waals surface area contributed by atoms with Crippen molar-refractivity contribution in [3.05, 3.63) is 77.8 Å². The average Bonchev–Trinajstić information content (AvgIpc) is 2.74. The van der Waals surface area contributed by atoms with Gasteiger partial charge in [0, 0.05) is 10.6 Å². The second kappa shape index (κ2) is 9.88. The van der Waals surface area contributed by atoms with Gasteiger partial charge in [0.05, 0.1) is 28.5 Å². The lowest BCUT2D eigenvalue weighted by Crippen LogP contribution is -2.15. The summed E-state index contributed by atoms with van der Waals surface area (Å²) in [6, 6.07) is 19.9. The first-order valence-electron chi connectivity index (χ1n) is 8.81. The molecule has 1 amide bonds. The first-order valence-corrected chi connectivity index (χ1v) is 11.7. The SMILES string of the molecule is COc1ccc(SCC(=O)Nc2ccc(S(=O)(=O)Nc3ccccc3Cl)cc2)cc1. The van der Waals surface area contributed by atoms with Gasteiger partial charge >= 0.3 is 0 Å². The number of rotatable bonds is 8. The Morgan fingerprint density at radius 2 is 1.67 bits per heavy atom. The van der Waals surface area contributed by atoms with Crippen LogP contribution in [-0.4, -0.2) is 27.2 Å². The van der Waals surface area contributed by atoms with Crippen molar-refractivity contribution in [1.29, 1.82) is 0 Å². The zero-order valence-corrected chi connectivity index (χ0v) is 18.4. The maximum absolute atomic E-state index is 12.5. The molecule has 0 aromatic heterocycles. The number of benzene rings is 3. The van der Waals surface area contributed by atoms with E-state index in [0.29, 0.717) is 16.4 Å². The standard InChI is InChI=1S/C21H19ClN2O4S2/c1-28-16-8-10-17(11-9-16)29-14-21(25)23-15-6-12-18(13-7-15)30(26,27)24-20-5-3-2-4-19(20)22/h2-13,24H,14H2,1H3,(H,23,25). The van der Waals surface area contributed by atoms with Gasteiger partial charge in [0.15, 0.2) is 0 Å². The van der Waals surface area contributed by atoms with Gasteiger partial charge in [0.2, 0.25) is 5.91 Å². The van der Waals surface area contributed by atoms with Crippen molar-refractivity contribution in [3.8, 4) is 5.75 Å². The van der Waals surface area contributed by atoms with E-state index in [0.717, 1.165) is 10.6 Å². The molecule has 0 heterocycles. The van der Waals surface area contributed by atoms with E-state index < -0.39 is 10.0 Å². The number of amides is 1. The molecule has 3 aromatic carbocycles. The normalized spacial score (nSPS) is 11.0.